The van der Waals surface area contributed by atoms with E-state index in [0.29, 0.717) is 6.42 Å². The van der Waals surface area contributed by atoms with Crippen molar-refractivity contribution in [2.45, 2.75) is 18.0 Å². The molecule has 1 aromatic heterocycles. The zero-order chi connectivity index (χ0) is 17.5. The Kier molecular flexibility index (Phi) is 4.72. The molecule has 0 unspecified atom stereocenters. The molecule has 2 fully saturated rings. The van der Waals surface area contributed by atoms with Crippen LogP contribution in [-0.2, 0) is 19.1 Å². The fourth-order valence-corrected chi connectivity index (χ4v) is 5.39. The molecule has 130 valence electrons. The van der Waals surface area contributed by atoms with Crippen molar-refractivity contribution in [3.63, 3.8) is 0 Å². The van der Waals surface area contributed by atoms with Gasteiger partial charge in [-0.05, 0) is 23.5 Å². The summed E-state index contributed by atoms with van der Waals surface area (Å²) in [5.74, 6) is -1.34. The maximum atomic E-state index is 12.8. The number of nitrogens with two attached hydrogens (primary N) is 1. The zero-order valence-corrected chi connectivity index (χ0v) is 15.5. The molecule has 0 bridgehead atoms. The third kappa shape index (κ3) is 2.39. The van der Waals surface area contributed by atoms with Crippen molar-refractivity contribution in [1.82, 2.24) is 4.90 Å². The molecular formula is C16H21N2O4S2+. The molecular weight excluding hydrogens is 348 g/mol. The van der Waals surface area contributed by atoms with Crippen LogP contribution in [0.2, 0.25) is 0 Å². The quantitative estimate of drug-likeness (QED) is 0.595. The van der Waals surface area contributed by atoms with Gasteiger partial charge in [-0.2, -0.15) is 11.8 Å². The average Bonchev–Trinajstić information content (AvgIpc) is 3.27. The number of methoxy groups -OCH3 is 1. The molecule has 0 aromatic carbocycles. The highest BCUT2D eigenvalue weighted by Crippen LogP contribution is 2.46. The number of ether oxygens (including phenoxy) is 1. The summed E-state index contributed by atoms with van der Waals surface area (Å²) in [6, 6.07) is 3.66. The number of imide groups is 1. The first-order valence-corrected chi connectivity index (χ1v) is 10.0. The van der Waals surface area contributed by atoms with Crippen LogP contribution in [0.15, 0.2) is 17.5 Å². The molecule has 0 spiro atoms. The third-order valence-electron chi connectivity index (χ3n) is 5.15. The van der Waals surface area contributed by atoms with E-state index in [1.807, 2.05) is 29.1 Å². The van der Waals surface area contributed by atoms with Crippen LogP contribution in [0.25, 0.3) is 0 Å². The van der Waals surface area contributed by atoms with Crippen molar-refractivity contribution >= 4 is 40.9 Å². The Labute approximate surface area is 148 Å². The number of fused-ring (bicyclic) bond motifs is 1. The van der Waals surface area contributed by atoms with Crippen molar-refractivity contribution in [2.75, 3.05) is 26.2 Å². The van der Waals surface area contributed by atoms with Gasteiger partial charge in [-0.1, -0.05) is 6.07 Å². The maximum Gasteiger partial charge on any atom is 0.368 e. The minimum Gasteiger partial charge on any atom is -0.464 e. The Morgan fingerprint density at radius 3 is 2.79 bits per heavy atom. The fraction of sp³-hybridized carbons (Fsp3) is 0.562. The van der Waals surface area contributed by atoms with Gasteiger partial charge in [-0.3, -0.25) is 14.5 Å². The number of hydrogen-bond donors (Lipinski definition) is 1. The summed E-state index contributed by atoms with van der Waals surface area (Å²) >= 11 is 3.16. The molecule has 0 saturated carbocycles. The topological polar surface area (TPSA) is 80.3 Å². The Hall–Kier alpha value is -1.38. The van der Waals surface area contributed by atoms with Gasteiger partial charge in [0, 0.05) is 13.5 Å². The summed E-state index contributed by atoms with van der Waals surface area (Å²) in [6.45, 7) is 0. The highest BCUT2D eigenvalue weighted by Gasteiger charge is 2.71. The second-order valence-corrected chi connectivity index (χ2v) is 8.19. The molecule has 2 aliphatic rings. The van der Waals surface area contributed by atoms with Crippen molar-refractivity contribution in [2.24, 2.45) is 11.8 Å². The van der Waals surface area contributed by atoms with Gasteiger partial charge >= 0.3 is 5.97 Å². The first-order chi connectivity index (χ1) is 11.5. The number of thiophene rings is 1. The molecule has 2 saturated heterocycles. The number of carbonyl (C=O) groups excluding carboxylic acids is 3. The number of thioether (sulfide) groups is 1. The Morgan fingerprint density at radius 1 is 1.46 bits per heavy atom. The minimum absolute atomic E-state index is 0.199. The number of hydrogen-bond acceptors (Lipinski definition) is 6. The van der Waals surface area contributed by atoms with Gasteiger partial charge in [0.2, 0.25) is 17.4 Å². The number of esters is 1. The summed E-state index contributed by atoms with van der Waals surface area (Å²) in [6.07, 6.45) is 2.46. The van der Waals surface area contributed by atoms with E-state index in [1.54, 1.807) is 23.1 Å². The van der Waals surface area contributed by atoms with E-state index in [0.717, 1.165) is 10.6 Å². The zero-order valence-electron chi connectivity index (χ0n) is 13.9. The lowest BCUT2D eigenvalue weighted by Gasteiger charge is -2.28. The largest absolute Gasteiger partial charge is 0.464 e. The highest BCUT2D eigenvalue weighted by atomic mass is 32.2. The molecule has 6 nitrogen and oxygen atoms in total. The summed E-state index contributed by atoms with van der Waals surface area (Å²) in [5, 5.41) is 3.86. The SMILES string of the molecule is COC(=O)[C@]1(CCSC)[NH2+][C@H](c2cccs2)[C@@H]2C(=O)N(C)C(=O)[C@H]21. The van der Waals surface area contributed by atoms with Gasteiger partial charge < -0.3 is 10.1 Å². The van der Waals surface area contributed by atoms with Gasteiger partial charge in [0.25, 0.3) is 0 Å². The minimum atomic E-state index is -1.03. The molecule has 2 N–H and O–H groups in total. The maximum absolute atomic E-state index is 12.8. The molecule has 0 aliphatic carbocycles. The predicted molar refractivity (Wildman–Crippen MR) is 91.5 cm³/mol. The van der Waals surface area contributed by atoms with Crippen molar-refractivity contribution in [3.8, 4) is 0 Å². The summed E-state index contributed by atoms with van der Waals surface area (Å²) in [7, 11) is 2.85. The van der Waals surface area contributed by atoms with E-state index >= 15 is 0 Å². The van der Waals surface area contributed by atoms with Crippen molar-refractivity contribution in [3.05, 3.63) is 22.4 Å². The summed E-state index contributed by atoms with van der Waals surface area (Å²) in [4.78, 5) is 40.4. The Bertz CT molecular complexity index is 663. The van der Waals surface area contributed by atoms with Crippen molar-refractivity contribution < 1.29 is 24.4 Å². The molecule has 2 amide bonds. The van der Waals surface area contributed by atoms with Crippen LogP contribution in [0.4, 0.5) is 0 Å². The first-order valence-electron chi connectivity index (χ1n) is 7.76. The molecule has 4 atom stereocenters. The van der Waals surface area contributed by atoms with Gasteiger partial charge in [0.1, 0.15) is 17.9 Å². The van der Waals surface area contributed by atoms with E-state index in [1.165, 1.54) is 19.1 Å². The van der Waals surface area contributed by atoms with Crippen LogP contribution in [0.1, 0.15) is 17.3 Å². The lowest BCUT2D eigenvalue weighted by Crippen LogP contribution is -2.98. The fourth-order valence-electron chi connectivity index (χ4n) is 4.00. The molecule has 3 heterocycles. The van der Waals surface area contributed by atoms with Crippen LogP contribution in [0, 0.1) is 11.8 Å². The number of nitrogens with zero attached hydrogens (tertiary/aromatic N) is 1. The van der Waals surface area contributed by atoms with Crippen LogP contribution < -0.4 is 5.32 Å². The van der Waals surface area contributed by atoms with E-state index in [-0.39, 0.29) is 17.9 Å². The normalized spacial score (nSPS) is 32.3. The first kappa shape index (κ1) is 17.4. The van der Waals surface area contributed by atoms with E-state index in [9.17, 15) is 14.4 Å². The molecule has 3 rings (SSSR count). The molecule has 24 heavy (non-hydrogen) atoms. The second kappa shape index (κ2) is 6.50. The van der Waals surface area contributed by atoms with E-state index in [4.69, 9.17) is 4.74 Å². The smallest absolute Gasteiger partial charge is 0.368 e. The lowest BCUT2D eigenvalue weighted by atomic mass is 9.78. The van der Waals surface area contributed by atoms with Gasteiger partial charge in [-0.25, -0.2) is 4.79 Å². The van der Waals surface area contributed by atoms with Gasteiger partial charge in [-0.15, -0.1) is 11.3 Å². The van der Waals surface area contributed by atoms with Crippen LogP contribution in [-0.4, -0.2) is 54.4 Å². The number of likely N-dealkylation sites (tertiary alicyclic amines) is 1. The monoisotopic (exact) mass is 369 g/mol. The average molecular weight is 369 g/mol. The third-order valence-corrected chi connectivity index (χ3v) is 6.73. The molecule has 8 heteroatoms. The molecule has 1 aromatic rings. The number of quaternary nitrogens is 1. The Balaban J connectivity index is 2.10. The van der Waals surface area contributed by atoms with Crippen LogP contribution in [0.3, 0.4) is 0 Å². The van der Waals surface area contributed by atoms with Gasteiger partial charge in [0.05, 0.1) is 12.0 Å². The highest BCUT2D eigenvalue weighted by molar-refractivity contribution is 7.98. The van der Waals surface area contributed by atoms with Crippen LogP contribution in [0.5, 0.6) is 0 Å². The lowest BCUT2D eigenvalue weighted by molar-refractivity contribution is -0.734. The predicted octanol–water partition coefficient (Wildman–Crippen LogP) is 0.262. The molecule has 2 aliphatic heterocycles. The second-order valence-electron chi connectivity index (χ2n) is 6.22. The summed E-state index contributed by atoms with van der Waals surface area (Å²) in [5.41, 5.74) is -1.03. The van der Waals surface area contributed by atoms with Crippen LogP contribution >= 0.6 is 23.1 Å². The number of carbonyl (C=O) groups is 3. The Morgan fingerprint density at radius 2 is 2.21 bits per heavy atom. The number of rotatable bonds is 5. The van der Waals surface area contributed by atoms with E-state index < -0.39 is 23.3 Å². The van der Waals surface area contributed by atoms with Gasteiger partial charge in [0.15, 0.2) is 0 Å². The number of amides is 2. The summed E-state index contributed by atoms with van der Waals surface area (Å²) < 4.78 is 5.07. The molecule has 0 radical (unpaired) electrons. The van der Waals surface area contributed by atoms with E-state index in [2.05, 4.69) is 0 Å². The standard InChI is InChI=1S/C16H20N2O4S2/c1-18-13(19)10-11(14(18)20)16(6-8-23-3,15(21)22-2)17-12(10)9-5-4-7-24-9/h4-5,7,10-12,17H,6,8H2,1-3H3/p+1/t10-,11+,12-,16-/m1/s1. The van der Waals surface area contributed by atoms with Crippen molar-refractivity contribution in [1.29, 1.82) is 0 Å².